The average molecular weight is 396 g/mol. The molecule has 29 heavy (non-hydrogen) atoms. The molecule has 1 atom stereocenters. The number of carbonyl (C=O) groups excluding carboxylic acids is 2. The largest absolute Gasteiger partial charge is 0.480 e. The van der Waals surface area contributed by atoms with Crippen molar-refractivity contribution in [3.05, 3.63) is 53.2 Å². The quantitative estimate of drug-likeness (QED) is 0.759. The Morgan fingerprint density at radius 2 is 1.79 bits per heavy atom. The van der Waals surface area contributed by atoms with Gasteiger partial charge in [-0.2, -0.15) is 0 Å². The summed E-state index contributed by atoms with van der Waals surface area (Å²) in [5.74, 6) is -0.960. The average Bonchev–Trinajstić information content (AvgIpc) is 2.98. The first-order valence-electron chi connectivity index (χ1n) is 9.63. The van der Waals surface area contributed by atoms with Crippen LogP contribution >= 0.6 is 0 Å². The van der Waals surface area contributed by atoms with Crippen LogP contribution in [0.2, 0.25) is 0 Å². The van der Waals surface area contributed by atoms with E-state index in [2.05, 4.69) is 26.9 Å². The summed E-state index contributed by atoms with van der Waals surface area (Å²) in [5, 5.41) is 10.7. The Balaban J connectivity index is 1.43. The van der Waals surface area contributed by atoms with Crippen LogP contribution in [0.5, 0.6) is 5.88 Å². The Hall–Kier alpha value is -2.97. The number of imide groups is 1. The van der Waals surface area contributed by atoms with Crippen molar-refractivity contribution in [2.24, 2.45) is 0 Å². The SMILES string of the molecule is COc1nc(C)cc2c1C(=O)N(C(O)CN1CCN(c3ccccc3)CC1)C2=O. The van der Waals surface area contributed by atoms with E-state index in [4.69, 9.17) is 4.74 Å². The van der Waals surface area contributed by atoms with Crippen LogP contribution in [-0.4, -0.2) is 77.8 Å². The number of methoxy groups -OCH3 is 1. The first kappa shape index (κ1) is 19.4. The number of aliphatic hydroxyl groups is 1. The summed E-state index contributed by atoms with van der Waals surface area (Å²) in [7, 11) is 1.41. The molecule has 0 saturated carbocycles. The number of aromatic nitrogens is 1. The van der Waals surface area contributed by atoms with E-state index in [0.29, 0.717) is 5.69 Å². The number of amides is 2. The number of aryl methyl sites for hydroxylation is 1. The van der Waals surface area contributed by atoms with Gasteiger partial charge in [-0.25, -0.2) is 9.88 Å². The molecule has 2 aliphatic rings. The molecule has 1 fully saturated rings. The van der Waals surface area contributed by atoms with Gasteiger partial charge in [0.25, 0.3) is 11.8 Å². The van der Waals surface area contributed by atoms with Crippen molar-refractivity contribution in [1.29, 1.82) is 0 Å². The van der Waals surface area contributed by atoms with Crippen LogP contribution in [0, 0.1) is 6.92 Å². The topological polar surface area (TPSA) is 86.2 Å². The standard InChI is InChI=1S/C21H24N4O4/c1-14-12-16-18(19(22-14)29-2)21(28)25(20(16)27)17(26)13-23-8-10-24(11-9-23)15-6-4-3-5-7-15/h3-7,12,17,26H,8-11,13H2,1-2H3. The lowest BCUT2D eigenvalue weighted by atomic mass is 10.1. The van der Waals surface area contributed by atoms with Gasteiger partial charge in [0.15, 0.2) is 0 Å². The number of rotatable bonds is 5. The molecule has 8 heteroatoms. The lowest BCUT2D eigenvalue weighted by Crippen LogP contribution is -2.52. The summed E-state index contributed by atoms with van der Waals surface area (Å²) in [6, 6.07) is 11.7. The van der Waals surface area contributed by atoms with Gasteiger partial charge in [0.1, 0.15) is 11.8 Å². The van der Waals surface area contributed by atoms with Crippen molar-refractivity contribution in [3.8, 4) is 5.88 Å². The van der Waals surface area contributed by atoms with Gasteiger partial charge in [0, 0.05) is 44.1 Å². The lowest BCUT2D eigenvalue weighted by molar-refractivity contribution is -0.00257. The maximum Gasteiger partial charge on any atom is 0.269 e. The molecule has 0 bridgehead atoms. The number of carbonyl (C=O) groups is 2. The van der Waals surface area contributed by atoms with Gasteiger partial charge >= 0.3 is 0 Å². The van der Waals surface area contributed by atoms with Crippen molar-refractivity contribution in [3.63, 3.8) is 0 Å². The predicted octanol–water partition coefficient (Wildman–Crippen LogP) is 1.14. The Bertz CT molecular complexity index is 926. The van der Waals surface area contributed by atoms with E-state index in [1.807, 2.05) is 18.2 Å². The summed E-state index contributed by atoms with van der Waals surface area (Å²) in [5.41, 5.74) is 2.10. The van der Waals surface area contributed by atoms with Gasteiger partial charge in [-0.05, 0) is 25.1 Å². The molecule has 152 valence electrons. The molecule has 1 unspecified atom stereocenters. The van der Waals surface area contributed by atoms with E-state index in [1.165, 1.54) is 12.8 Å². The number of hydrogen-bond donors (Lipinski definition) is 1. The highest BCUT2D eigenvalue weighted by Crippen LogP contribution is 2.31. The van der Waals surface area contributed by atoms with Crippen LogP contribution in [0.15, 0.2) is 36.4 Å². The lowest BCUT2D eigenvalue weighted by Gasteiger charge is -2.37. The fourth-order valence-electron chi connectivity index (χ4n) is 3.92. The molecule has 1 N–H and O–H groups in total. The summed E-state index contributed by atoms with van der Waals surface area (Å²) < 4.78 is 5.18. The van der Waals surface area contributed by atoms with Crippen molar-refractivity contribution in [1.82, 2.24) is 14.8 Å². The molecule has 1 saturated heterocycles. The number of benzene rings is 1. The number of ether oxygens (including phenoxy) is 1. The molecule has 0 radical (unpaired) electrons. The zero-order valence-corrected chi connectivity index (χ0v) is 16.5. The number of hydrogen-bond acceptors (Lipinski definition) is 7. The molecule has 1 aromatic carbocycles. The number of para-hydroxylation sites is 1. The molecule has 3 heterocycles. The molecule has 8 nitrogen and oxygen atoms in total. The number of β-amino-alcohol motifs (C(OH)–C–C–N with tert-alkyl or cyclic N) is 1. The van der Waals surface area contributed by atoms with Gasteiger partial charge in [0.2, 0.25) is 5.88 Å². The molecular weight excluding hydrogens is 372 g/mol. The second-order valence-electron chi connectivity index (χ2n) is 7.28. The summed E-state index contributed by atoms with van der Waals surface area (Å²) in [4.78, 5) is 35.0. The van der Waals surface area contributed by atoms with Crippen molar-refractivity contribution >= 4 is 17.5 Å². The fourth-order valence-corrected chi connectivity index (χ4v) is 3.92. The summed E-state index contributed by atoms with van der Waals surface area (Å²) >= 11 is 0. The molecule has 4 rings (SSSR count). The maximum absolute atomic E-state index is 12.8. The fraction of sp³-hybridized carbons (Fsp3) is 0.381. The summed E-state index contributed by atoms with van der Waals surface area (Å²) in [6.45, 7) is 5.04. The number of aliphatic hydroxyl groups excluding tert-OH is 1. The monoisotopic (exact) mass is 396 g/mol. The molecule has 0 spiro atoms. The van der Waals surface area contributed by atoms with Crippen LogP contribution < -0.4 is 9.64 Å². The third-order valence-corrected chi connectivity index (χ3v) is 5.40. The van der Waals surface area contributed by atoms with Crippen molar-refractivity contribution < 1.29 is 19.4 Å². The second-order valence-corrected chi connectivity index (χ2v) is 7.28. The summed E-state index contributed by atoms with van der Waals surface area (Å²) in [6.07, 6.45) is -1.23. The first-order chi connectivity index (χ1) is 14.0. The maximum atomic E-state index is 12.8. The number of fused-ring (bicyclic) bond motifs is 1. The van der Waals surface area contributed by atoms with Gasteiger partial charge in [0.05, 0.1) is 12.7 Å². The molecule has 2 amide bonds. The third-order valence-electron chi connectivity index (χ3n) is 5.40. The van der Waals surface area contributed by atoms with E-state index >= 15 is 0 Å². The highest BCUT2D eigenvalue weighted by atomic mass is 16.5. The normalized spacial score (nSPS) is 18.2. The van der Waals surface area contributed by atoms with E-state index < -0.39 is 18.0 Å². The third kappa shape index (κ3) is 3.56. The van der Waals surface area contributed by atoms with E-state index in [1.54, 1.807) is 13.0 Å². The van der Waals surface area contributed by atoms with E-state index in [0.717, 1.165) is 31.1 Å². The van der Waals surface area contributed by atoms with Crippen LogP contribution in [0.3, 0.4) is 0 Å². The predicted molar refractivity (Wildman–Crippen MR) is 107 cm³/mol. The minimum atomic E-state index is -1.23. The smallest absolute Gasteiger partial charge is 0.269 e. The van der Waals surface area contributed by atoms with Gasteiger partial charge < -0.3 is 14.7 Å². The Labute approximate surface area is 169 Å². The highest BCUT2D eigenvalue weighted by Gasteiger charge is 2.43. The minimum Gasteiger partial charge on any atom is -0.480 e. The van der Waals surface area contributed by atoms with Gasteiger partial charge in [-0.1, -0.05) is 18.2 Å². The first-order valence-corrected chi connectivity index (χ1v) is 9.63. The molecular formula is C21H24N4O4. The Morgan fingerprint density at radius 1 is 1.10 bits per heavy atom. The van der Waals surface area contributed by atoms with Gasteiger partial charge in [-0.15, -0.1) is 0 Å². The Kier molecular flexibility index (Phi) is 5.21. The number of nitrogens with zero attached hydrogens (tertiary/aromatic N) is 4. The number of pyridine rings is 1. The zero-order chi connectivity index (χ0) is 20.5. The number of piperazine rings is 1. The molecule has 2 aliphatic heterocycles. The van der Waals surface area contributed by atoms with Crippen molar-refractivity contribution in [2.75, 3.05) is 44.7 Å². The van der Waals surface area contributed by atoms with Crippen molar-refractivity contribution in [2.45, 2.75) is 13.2 Å². The molecule has 2 aromatic rings. The Morgan fingerprint density at radius 3 is 2.45 bits per heavy atom. The van der Waals surface area contributed by atoms with Crippen LogP contribution in [0.4, 0.5) is 5.69 Å². The minimum absolute atomic E-state index is 0.115. The van der Waals surface area contributed by atoms with Gasteiger partial charge in [-0.3, -0.25) is 14.5 Å². The number of anilines is 1. The molecule has 1 aromatic heterocycles. The van der Waals surface area contributed by atoms with E-state index in [9.17, 15) is 14.7 Å². The second kappa shape index (κ2) is 7.81. The van der Waals surface area contributed by atoms with Crippen LogP contribution in [-0.2, 0) is 0 Å². The van der Waals surface area contributed by atoms with E-state index in [-0.39, 0.29) is 23.6 Å². The molecule has 0 aliphatic carbocycles. The van der Waals surface area contributed by atoms with Crippen LogP contribution in [0.25, 0.3) is 0 Å². The zero-order valence-electron chi connectivity index (χ0n) is 16.5. The highest BCUT2D eigenvalue weighted by molar-refractivity contribution is 6.22. The van der Waals surface area contributed by atoms with Crippen LogP contribution in [0.1, 0.15) is 26.4 Å².